The first kappa shape index (κ1) is 45.0. The lowest BCUT2D eigenvalue weighted by Crippen LogP contribution is -2.47. The number of phosphoric ester groups is 1. The Hall–Kier alpha value is -5.11. The summed E-state index contributed by atoms with van der Waals surface area (Å²) in [6, 6.07) is 13.9. The highest BCUT2D eigenvalue weighted by Gasteiger charge is 2.47. The van der Waals surface area contributed by atoms with Crippen molar-refractivity contribution in [3.8, 4) is 6.07 Å². The van der Waals surface area contributed by atoms with Crippen molar-refractivity contribution in [2.24, 2.45) is 0 Å². The van der Waals surface area contributed by atoms with E-state index < -0.39 is 55.0 Å². The van der Waals surface area contributed by atoms with E-state index in [1.54, 1.807) is 50.3 Å². The van der Waals surface area contributed by atoms with Gasteiger partial charge in [0, 0.05) is 22.4 Å². The molecule has 1 fully saturated rings. The molecule has 2 heterocycles. The summed E-state index contributed by atoms with van der Waals surface area (Å²) in [7, 11) is -4.15. The van der Waals surface area contributed by atoms with Gasteiger partial charge in [0.2, 0.25) is 0 Å². The summed E-state index contributed by atoms with van der Waals surface area (Å²) in [5, 5.41) is 12.1. The maximum atomic E-state index is 16.1. The van der Waals surface area contributed by atoms with Crippen molar-refractivity contribution in [3.05, 3.63) is 162 Å². The zero-order valence-electron chi connectivity index (χ0n) is 32.2. The van der Waals surface area contributed by atoms with Crippen molar-refractivity contribution in [1.82, 2.24) is 14.8 Å². The Labute approximate surface area is 344 Å². The molecule has 1 aliphatic rings. The number of rotatable bonds is 20. The Morgan fingerprint density at radius 1 is 1.07 bits per heavy atom. The van der Waals surface area contributed by atoms with Gasteiger partial charge < -0.3 is 14.2 Å². The van der Waals surface area contributed by atoms with Gasteiger partial charge >= 0.3 is 13.8 Å². The molecule has 0 bridgehead atoms. The normalized spacial score (nSPS) is 17.4. The molecule has 5 rings (SSSR count). The number of aryl methyl sites for hydroxylation is 1. The number of thioether (sulfide) groups is 1. The van der Waals surface area contributed by atoms with Crippen molar-refractivity contribution in [2.45, 2.75) is 49.4 Å². The Bertz CT molecular complexity index is 2230. The maximum Gasteiger partial charge on any atom is 0.475 e. The van der Waals surface area contributed by atoms with E-state index in [0.717, 1.165) is 12.1 Å². The molecule has 1 aromatic heterocycles. The second-order valence-electron chi connectivity index (χ2n) is 13.0. The molecule has 0 saturated carbocycles. The lowest BCUT2D eigenvalue weighted by molar-refractivity contribution is -0.146. The van der Waals surface area contributed by atoms with Crippen LogP contribution < -0.4 is 0 Å². The minimum Gasteiger partial charge on any atom is -0.447 e. The molecular formula is C42H42F3N4O8PS. The molecule has 0 radical (unpaired) electrons. The van der Waals surface area contributed by atoms with Crippen molar-refractivity contribution in [2.75, 3.05) is 26.4 Å². The van der Waals surface area contributed by atoms with Crippen LogP contribution in [0.15, 0.2) is 111 Å². The van der Waals surface area contributed by atoms with Gasteiger partial charge in [0.1, 0.15) is 30.1 Å². The number of carbonyl (C=O) groups excluding carboxylic acids is 1. The molecule has 4 aromatic rings. The van der Waals surface area contributed by atoms with Gasteiger partial charge in [-0.2, -0.15) is 10.4 Å². The van der Waals surface area contributed by atoms with Crippen LogP contribution in [0.4, 0.5) is 13.2 Å². The SMILES string of the molecule is C=CCOP(=O)(OCC=C)OCc1c(C)cccc1C(=O)O[C@@](Cn1cncn1)(c1ccc(F)cc1F)[C@@H](C)SC1COC(C=CC=Cc2ccc(C#N)cc2F)OC1. The van der Waals surface area contributed by atoms with E-state index in [1.165, 1.54) is 65.5 Å². The molecule has 2 atom stereocenters. The minimum atomic E-state index is -4.15. The quantitative estimate of drug-likeness (QED) is 0.0363. The van der Waals surface area contributed by atoms with Crippen LogP contribution in [0.25, 0.3) is 6.08 Å². The summed E-state index contributed by atoms with van der Waals surface area (Å²) < 4.78 is 94.1. The predicted molar refractivity (Wildman–Crippen MR) is 215 cm³/mol. The summed E-state index contributed by atoms with van der Waals surface area (Å²) in [6.45, 7) is 10.0. The Kier molecular flexibility index (Phi) is 16.2. The van der Waals surface area contributed by atoms with E-state index in [9.17, 15) is 18.1 Å². The molecule has 59 heavy (non-hydrogen) atoms. The Morgan fingerprint density at radius 3 is 2.46 bits per heavy atom. The highest BCUT2D eigenvalue weighted by Crippen LogP contribution is 2.50. The second kappa shape index (κ2) is 21.2. The topological polar surface area (TPSA) is 144 Å². The number of benzene rings is 3. The molecule has 0 unspecified atom stereocenters. The van der Waals surface area contributed by atoms with Crippen LogP contribution >= 0.6 is 19.6 Å². The third kappa shape index (κ3) is 12.0. The zero-order valence-corrected chi connectivity index (χ0v) is 34.0. The zero-order chi connectivity index (χ0) is 42.4. The van der Waals surface area contributed by atoms with E-state index in [4.69, 9.17) is 33.0 Å². The first-order valence-corrected chi connectivity index (χ1v) is 20.6. The van der Waals surface area contributed by atoms with Crippen molar-refractivity contribution >= 4 is 31.6 Å². The van der Waals surface area contributed by atoms with E-state index in [-0.39, 0.29) is 54.9 Å². The number of phosphoric acid groups is 1. The molecule has 0 spiro atoms. The Balaban J connectivity index is 1.40. The number of aromatic nitrogens is 3. The molecule has 1 aliphatic heterocycles. The van der Waals surface area contributed by atoms with Gasteiger partial charge in [0.05, 0.1) is 62.0 Å². The predicted octanol–water partition coefficient (Wildman–Crippen LogP) is 8.79. The first-order valence-electron chi connectivity index (χ1n) is 18.2. The van der Waals surface area contributed by atoms with Crippen LogP contribution in [0.3, 0.4) is 0 Å². The Morgan fingerprint density at radius 2 is 1.81 bits per heavy atom. The second-order valence-corrected chi connectivity index (χ2v) is 16.3. The van der Waals surface area contributed by atoms with Crippen LogP contribution in [-0.2, 0) is 51.1 Å². The van der Waals surface area contributed by atoms with Crippen molar-refractivity contribution in [3.63, 3.8) is 0 Å². The molecule has 310 valence electrons. The number of ether oxygens (including phenoxy) is 3. The van der Waals surface area contributed by atoms with E-state index >= 15 is 4.39 Å². The van der Waals surface area contributed by atoms with Crippen LogP contribution in [-0.4, -0.2) is 64.0 Å². The highest BCUT2D eigenvalue weighted by molar-refractivity contribution is 8.00. The van der Waals surface area contributed by atoms with Gasteiger partial charge in [-0.25, -0.2) is 32.2 Å². The largest absolute Gasteiger partial charge is 0.475 e. The summed E-state index contributed by atoms with van der Waals surface area (Å²) in [5.41, 5.74) is -0.576. The molecule has 17 heteroatoms. The summed E-state index contributed by atoms with van der Waals surface area (Å²) in [6.07, 6.45) is 11.1. The van der Waals surface area contributed by atoms with E-state index in [2.05, 4.69) is 23.2 Å². The van der Waals surface area contributed by atoms with Gasteiger partial charge in [-0.3, -0.25) is 13.6 Å². The van der Waals surface area contributed by atoms with E-state index in [0.29, 0.717) is 22.8 Å². The molecule has 3 aromatic carbocycles. The smallest absolute Gasteiger partial charge is 0.447 e. The summed E-state index contributed by atoms with van der Waals surface area (Å²) in [4.78, 5) is 18.5. The van der Waals surface area contributed by atoms with Gasteiger partial charge in [-0.1, -0.05) is 48.6 Å². The van der Waals surface area contributed by atoms with Gasteiger partial charge in [0.15, 0.2) is 11.9 Å². The number of nitriles is 1. The maximum absolute atomic E-state index is 16.1. The van der Waals surface area contributed by atoms with Crippen LogP contribution in [0.2, 0.25) is 0 Å². The van der Waals surface area contributed by atoms with Gasteiger partial charge in [-0.05, 0) is 61.4 Å². The third-order valence-corrected chi connectivity index (χ3v) is 11.8. The molecule has 0 N–H and O–H groups in total. The van der Waals surface area contributed by atoms with Crippen LogP contribution in [0.5, 0.6) is 0 Å². The summed E-state index contributed by atoms with van der Waals surface area (Å²) in [5.74, 6) is -3.22. The fourth-order valence-corrected chi connectivity index (χ4v) is 8.42. The lowest BCUT2D eigenvalue weighted by atomic mass is 9.89. The number of allylic oxidation sites excluding steroid dienone is 2. The molecule has 0 aliphatic carbocycles. The number of esters is 1. The third-order valence-electron chi connectivity index (χ3n) is 8.95. The van der Waals surface area contributed by atoms with Crippen molar-refractivity contribution in [1.29, 1.82) is 5.26 Å². The average molecular weight is 851 g/mol. The number of hydrogen-bond acceptors (Lipinski definition) is 12. The highest BCUT2D eigenvalue weighted by atomic mass is 32.2. The van der Waals surface area contributed by atoms with Gasteiger partial charge in [0.25, 0.3) is 0 Å². The van der Waals surface area contributed by atoms with E-state index in [1.807, 2.05) is 6.07 Å². The number of halogens is 3. The number of hydrogen-bond donors (Lipinski definition) is 0. The fraction of sp³-hybridized carbons (Fsp3) is 0.286. The van der Waals surface area contributed by atoms with Crippen LogP contribution in [0.1, 0.15) is 45.1 Å². The molecule has 0 amide bonds. The molecular weight excluding hydrogens is 809 g/mol. The van der Waals surface area contributed by atoms with Gasteiger partial charge in [-0.15, -0.1) is 24.9 Å². The number of nitrogens with zero attached hydrogens (tertiary/aromatic N) is 4. The fourth-order valence-electron chi connectivity index (χ4n) is 5.97. The van der Waals surface area contributed by atoms with Crippen molar-refractivity contribution < 1.29 is 50.3 Å². The van der Waals surface area contributed by atoms with Crippen LogP contribution in [0, 0.1) is 35.7 Å². The number of carbonyl (C=O) groups is 1. The standard InChI is InChI=1S/C42H42F3N4O8PS/c1-5-18-54-58(51,55-19-6-2)56-25-36-29(3)10-9-12-35(36)41(50)57-42(26-49-28-47-27-48-49,37-17-16-33(43)21-39(37)45)30(4)59-34-23-52-40(53-24-34)13-8-7-11-32-15-14-31(22-46)20-38(32)44/h5-17,20-21,27-28,30,34,40H,1-2,18-19,23-26H2,3-4H3/t30-,34?,40?,42-/m1/s1. The summed E-state index contributed by atoms with van der Waals surface area (Å²) >= 11 is 1.30. The molecule has 12 nitrogen and oxygen atoms in total. The average Bonchev–Trinajstić information content (AvgIpc) is 3.74. The monoisotopic (exact) mass is 850 g/mol. The lowest BCUT2D eigenvalue weighted by Gasteiger charge is -2.40. The molecule has 1 saturated heterocycles. The first-order chi connectivity index (χ1) is 28.4. The minimum absolute atomic E-state index is 0.0154.